The molecule has 4 heteroatoms. The van der Waals surface area contributed by atoms with Gasteiger partial charge < -0.3 is 9.73 Å². The molecule has 0 radical (unpaired) electrons. The molecule has 0 saturated heterocycles. The standard InChI is InChI=1S/C16H19BrFNO/c1-3-8-19-11(2)9-13-5-7-16(20-13)14-6-4-12(18)10-15(14)17/h4-7,10-11,19H,3,8-9H2,1-2H3. The van der Waals surface area contributed by atoms with Crippen LogP contribution in [0.5, 0.6) is 0 Å². The highest BCUT2D eigenvalue weighted by Crippen LogP contribution is 2.30. The zero-order valence-corrected chi connectivity index (χ0v) is 13.3. The Hall–Kier alpha value is -1.13. The molecular formula is C16H19BrFNO. The van der Waals surface area contributed by atoms with E-state index in [1.54, 1.807) is 6.07 Å². The Morgan fingerprint density at radius 2 is 2.10 bits per heavy atom. The summed E-state index contributed by atoms with van der Waals surface area (Å²) in [6.07, 6.45) is 1.97. The first kappa shape index (κ1) is 15.3. The Labute approximate surface area is 127 Å². The smallest absolute Gasteiger partial charge is 0.135 e. The van der Waals surface area contributed by atoms with Crippen LogP contribution in [-0.4, -0.2) is 12.6 Å². The average Bonchev–Trinajstić information content (AvgIpc) is 2.84. The molecule has 0 aliphatic rings. The topological polar surface area (TPSA) is 25.2 Å². The zero-order valence-electron chi connectivity index (χ0n) is 11.7. The second kappa shape index (κ2) is 7.04. The average molecular weight is 340 g/mol. The lowest BCUT2D eigenvalue weighted by atomic mass is 10.1. The van der Waals surface area contributed by atoms with Gasteiger partial charge in [0.05, 0.1) is 0 Å². The van der Waals surface area contributed by atoms with Gasteiger partial charge >= 0.3 is 0 Å². The van der Waals surface area contributed by atoms with Gasteiger partial charge in [-0.15, -0.1) is 0 Å². The van der Waals surface area contributed by atoms with E-state index in [9.17, 15) is 4.39 Å². The molecule has 2 nitrogen and oxygen atoms in total. The molecule has 0 aliphatic heterocycles. The number of nitrogens with one attached hydrogen (secondary N) is 1. The van der Waals surface area contributed by atoms with Gasteiger partial charge in [0.25, 0.3) is 0 Å². The fourth-order valence-corrected chi connectivity index (χ4v) is 2.63. The minimum absolute atomic E-state index is 0.259. The number of halogens is 2. The van der Waals surface area contributed by atoms with Crippen LogP contribution in [0.1, 0.15) is 26.0 Å². The lowest BCUT2D eigenvalue weighted by molar-refractivity contribution is 0.464. The lowest BCUT2D eigenvalue weighted by Gasteiger charge is -2.11. The normalized spacial score (nSPS) is 12.6. The Morgan fingerprint density at radius 3 is 2.80 bits per heavy atom. The zero-order chi connectivity index (χ0) is 14.5. The highest BCUT2D eigenvalue weighted by atomic mass is 79.9. The Kier molecular flexibility index (Phi) is 5.38. The molecule has 20 heavy (non-hydrogen) atoms. The highest BCUT2D eigenvalue weighted by molar-refractivity contribution is 9.10. The molecule has 0 fully saturated rings. The largest absolute Gasteiger partial charge is 0.461 e. The fourth-order valence-electron chi connectivity index (χ4n) is 2.09. The third kappa shape index (κ3) is 3.93. The van der Waals surface area contributed by atoms with Crippen molar-refractivity contribution in [3.05, 3.63) is 46.4 Å². The summed E-state index contributed by atoms with van der Waals surface area (Å²) in [5, 5.41) is 3.43. The molecule has 0 saturated carbocycles. The molecule has 1 aromatic heterocycles. The van der Waals surface area contributed by atoms with E-state index in [-0.39, 0.29) is 5.82 Å². The summed E-state index contributed by atoms with van der Waals surface area (Å²) in [5.41, 5.74) is 0.867. The molecule has 0 bridgehead atoms. The number of furan rings is 1. The number of hydrogen-bond acceptors (Lipinski definition) is 2. The van der Waals surface area contributed by atoms with Gasteiger partial charge in [-0.3, -0.25) is 0 Å². The van der Waals surface area contributed by atoms with Gasteiger partial charge in [-0.05, 0) is 66.2 Å². The Morgan fingerprint density at radius 1 is 1.30 bits per heavy atom. The van der Waals surface area contributed by atoms with Gasteiger partial charge in [0.2, 0.25) is 0 Å². The number of rotatable bonds is 6. The monoisotopic (exact) mass is 339 g/mol. The SMILES string of the molecule is CCCNC(C)Cc1ccc(-c2ccc(F)cc2Br)o1. The minimum atomic E-state index is -0.259. The number of hydrogen-bond donors (Lipinski definition) is 1. The minimum Gasteiger partial charge on any atom is -0.461 e. The molecule has 1 heterocycles. The van der Waals surface area contributed by atoms with E-state index in [4.69, 9.17) is 4.42 Å². The molecule has 1 unspecified atom stereocenters. The maximum Gasteiger partial charge on any atom is 0.135 e. The first-order valence-corrected chi connectivity index (χ1v) is 7.67. The third-order valence-corrected chi connectivity index (χ3v) is 3.76. The summed E-state index contributed by atoms with van der Waals surface area (Å²) < 4.78 is 19.6. The van der Waals surface area contributed by atoms with Gasteiger partial charge in [-0.2, -0.15) is 0 Å². The van der Waals surface area contributed by atoms with Crippen molar-refractivity contribution in [1.82, 2.24) is 5.32 Å². The predicted molar refractivity (Wildman–Crippen MR) is 83.3 cm³/mol. The van der Waals surface area contributed by atoms with E-state index in [0.29, 0.717) is 10.5 Å². The lowest BCUT2D eigenvalue weighted by Crippen LogP contribution is -2.28. The predicted octanol–water partition coefficient (Wildman–Crippen LogP) is 4.78. The number of benzene rings is 1. The summed E-state index contributed by atoms with van der Waals surface area (Å²) >= 11 is 3.37. The molecule has 0 aliphatic carbocycles. The van der Waals surface area contributed by atoms with Crippen molar-refractivity contribution in [2.24, 2.45) is 0 Å². The summed E-state index contributed by atoms with van der Waals surface area (Å²) in [7, 11) is 0. The summed E-state index contributed by atoms with van der Waals surface area (Å²) in [6.45, 7) is 5.31. The molecule has 0 spiro atoms. The molecule has 1 aromatic carbocycles. The molecule has 1 atom stereocenters. The van der Waals surface area contributed by atoms with Crippen molar-refractivity contribution in [2.45, 2.75) is 32.7 Å². The third-order valence-electron chi connectivity index (χ3n) is 3.11. The molecule has 1 N–H and O–H groups in total. The van der Waals surface area contributed by atoms with Crippen LogP contribution in [-0.2, 0) is 6.42 Å². The van der Waals surface area contributed by atoms with E-state index < -0.39 is 0 Å². The van der Waals surface area contributed by atoms with Crippen LogP contribution in [0.4, 0.5) is 4.39 Å². The molecular weight excluding hydrogens is 321 g/mol. The van der Waals surface area contributed by atoms with Crippen molar-refractivity contribution in [1.29, 1.82) is 0 Å². The van der Waals surface area contributed by atoms with Crippen LogP contribution in [0.25, 0.3) is 11.3 Å². The van der Waals surface area contributed by atoms with Crippen molar-refractivity contribution in [3.63, 3.8) is 0 Å². The van der Waals surface area contributed by atoms with Gasteiger partial charge in [-0.25, -0.2) is 4.39 Å². The Bertz CT molecular complexity index is 567. The van der Waals surface area contributed by atoms with Crippen LogP contribution in [0.15, 0.2) is 39.2 Å². The quantitative estimate of drug-likeness (QED) is 0.819. The maximum atomic E-state index is 13.1. The second-order valence-corrected chi connectivity index (χ2v) is 5.80. The first-order chi connectivity index (χ1) is 9.60. The van der Waals surface area contributed by atoms with Crippen LogP contribution >= 0.6 is 15.9 Å². The van der Waals surface area contributed by atoms with Crippen LogP contribution < -0.4 is 5.32 Å². The highest BCUT2D eigenvalue weighted by Gasteiger charge is 2.11. The Balaban J connectivity index is 2.08. The second-order valence-electron chi connectivity index (χ2n) is 4.95. The van der Waals surface area contributed by atoms with Gasteiger partial charge in [0.15, 0.2) is 0 Å². The van der Waals surface area contributed by atoms with E-state index in [2.05, 4.69) is 35.1 Å². The van der Waals surface area contributed by atoms with E-state index in [0.717, 1.165) is 36.5 Å². The molecule has 2 rings (SSSR count). The van der Waals surface area contributed by atoms with Crippen LogP contribution in [0, 0.1) is 5.82 Å². The van der Waals surface area contributed by atoms with E-state index in [1.165, 1.54) is 12.1 Å². The fraction of sp³-hybridized carbons (Fsp3) is 0.375. The van der Waals surface area contributed by atoms with Crippen LogP contribution in [0.2, 0.25) is 0 Å². The summed E-state index contributed by atoms with van der Waals surface area (Å²) in [6, 6.07) is 8.90. The maximum absolute atomic E-state index is 13.1. The van der Waals surface area contributed by atoms with Gasteiger partial charge in [0, 0.05) is 22.5 Å². The summed E-state index contributed by atoms with van der Waals surface area (Å²) in [5.74, 6) is 1.44. The molecule has 108 valence electrons. The van der Waals surface area contributed by atoms with Gasteiger partial charge in [0.1, 0.15) is 17.3 Å². The van der Waals surface area contributed by atoms with Crippen molar-refractivity contribution >= 4 is 15.9 Å². The van der Waals surface area contributed by atoms with Crippen molar-refractivity contribution < 1.29 is 8.81 Å². The first-order valence-electron chi connectivity index (χ1n) is 6.87. The molecule has 2 aromatic rings. The van der Waals surface area contributed by atoms with E-state index in [1.807, 2.05) is 12.1 Å². The van der Waals surface area contributed by atoms with Crippen molar-refractivity contribution in [2.75, 3.05) is 6.54 Å². The summed E-state index contributed by atoms with van der Waals surface area (Å²) in [4.78, 5) is 0. The van der Waals surface area contributed by atoms with Crippen molar-refractivity contribution in [3.8, 4) is 11.3 Å². The molecule has 0 amide bonds. The van der Waals surface area contributed by atoms with Crippen LogP contribution in [0.3, 0.4) is 0 Å². The van der Waals surface area contributed by atoms with Gasteiger partial charge in [-0.1, -0.05) is 6.92 Å². The van der Waals surface area contributed by atoms with E-state index >= 15 is 0 Å².